The van der Waals surface area contributed by atoms with Crippen molar-refractivity contribution in [2.24, 2.45) is 0 Å². The zero-order chi connectivity index (χ0) is 23.0. The molecule has 2 heterocycles. The van der Waals surface area contributed by atoms with E-state index in [0.717, 1.165) is 34.5 Å². The van der Waals surface area contributed by atoms with Crippen molar-refractivity contribution < 1.29 is 9.53 Å². The van der Waals surface area contributed by atoms with Crippen molar-refractivity contribution in [3.63, 3.8) is 0 Å². The van der Waals surface area contributed by atoms with Crippen LogP contribution in [0.5, 0.6) is 5.75 Å². The van der Waals surface area contributed by atoms with E-state index in [1.54, 1.807) is 6.20 Å². The lowest BCUT2D eigenvalue weighted by Crippen LogP contribution is -2.27. The second-order valence-electron chi connectivity index (χ2n) is 8.12. The van der Waals surface area contributed by atoms with Crippen molar-refractivity contribution >= 4 is 16.8 Å². The molecule has 4 aromatic rings. The lowest BCUT2D eigenvalue weighted by Gasteiger charge is -2.18. The molecule has 0 spiro atoms. The van der Waals surface area contributed by atoms with Crippen LogP contribution in [0.15, 0.2) is 73.1 Å². The zero-order valence-electron chi connectivity index (χ0n) is 19.3. The van der Waals surface area contributed by atoms with Crippen molar-refractivity contribution in [1.29, 1.82) is 0 Å². The number of para-hydroxylation sites is 1. The Balaban J connectivity index is 1.57. The Labute approximate surface area is 195 Å². The summed E-state index contributed by atoms with van der Waals surface area (Å²) >= 11 is 0. The molecule has 1 unspecified atom stereocenters. The van der Waals surface area contributed by atoms with Gasteiger partial charge in [-0.1, -0.05) is 43.3 Å². The fourth-order valence-electron chi connectivity index (χ4n) is 4.33. The van der Waals surface area contributed by atoms with Crippen LogP contribution >= 0.6 is 0 Å². The SMILES string of the molecule is CCOc1ccc(C(CC(=O)NCCc2ccccn2)c2c[nH]c3c(CC)cccc23)cc1. The number of fused-ring (bicyclic) bond motifs is 1. The number of aryl methyl sites for hydroxylation is 1. The number of benzene rings is 2. The third-order valence-electron chi connectivity index (χ3n) is 6.00. The van der Waals surface area contributed by atoms with E-state index in [1.165, 1.54) is 10.9 Å². The first-order valence-electron chi connectivity index (χ1n) is 11.7. The van der Waals surface area contributed by atoms with Gasteiger partial charge in [0, 0.05) is 54.3 Å². The van der Waals surface area contributed by atoms with Gasteiger partial charge < -0.3 is 15.0 Å². The van der Waals surface area contributed by atoms with Gasteiger partial charge in [0.15, 0.2) is 0 Å². The van der Waals surface area contributed by atoms with Crippen LogP contribution in [0.1, 0.15) is 48.6 Å². The minimum Gasteiger partial charge on any atom is -0.494 e. The molecule has 0 aliphatic heterocycles. The van der Waals surface area contributed by atoms with Crippen LogP contribution in [0.2, 0.25) is 0 Å². The molecule has 5 nitrogen and oxygen atoms in total. The maximum Gasteiger partial charge on any atom is 0.220 e. The van der Waals surface area contributed by atoms with Crippen LogP contribution in [0.4, 0.5) is 0 Å². The molecule has 0 fully saturated rings. The number of rotatable bonds is 10. The van der Waals surface area contributed by atoms with E-state index in [4.69, 9.17) is 4.74 Å². The molecule has 5 heteroatoms. The summed E-state index contributed by atoms with van der Waals surface area (Å²) in [5, 5.41) is 4.26. The summed E-state index contributed by atoms with van der Waals surface area (Å²) in [5.74, 6) is 0.814. The highest BCUT2D eigenvalue weighted by molar-refractivity contribution is 5.88. The summed E-state index contributed by atoms with van der Waals surface area (Å²) in [6, 6.07) is 20.3. The van der Waals surface area contributed by atoms with Gasteiger partial charge in [-0.15, -0.1) is 0 Å². The van der Waals surface area contributed by atoms with E-state index in [1.807, 2.05) is 37.3 Å². The molecule has 0 bridgehead atoms. The van der Waals surface area contributed by atoms with Gasteiger partial charge in [0.05, 0.1) is 6.61 Å². The molecule has 0 saturated heterocycles. The van der Waals surface area contributed by atoms with Crippen LogP contribution in [0.3, 0.4) is 0 Å². The Morgan fingerprint density at radius 2 is 1.91 bits per heavy atom. The predicted octanol–water partition coefficient (Wildman–Crippen LogP) is 5.40. The average Bonchev–Trinajstić information content (AvgIpc) is 3.28. The maximum atomic E-state index is 13.0. The molecule has 0 aliphatic rings. The number of aromatic amines is 1. The third kappa shape index (κ3) is 5.43. The van der Waals surface area contributed by atoms with Crippen molar-refractivity contribution in [3.8, 4) is 5.75 Å². The number of carbonyl (C=O) groups is 1. The Kier molecular flexibility index (Phi) is 7.40. The molecule has 170 valence electrons. The number of H-pyrrole nitrogens is 1. The van der Waals surface area contributed by atoms with Gasteiger partial charge in [-0.25, -0.2) is 0 Å². The predicted molar refractivity (Wildman–Crippen MR) is 133 cm³/mol. The molecular weight excluding hydrogens is 410 g/mol. The van der Waals surface area contributed by atoms with Crippen LogP contribution in [0.25, 0.3) is 10.9 Å². The lowest BCUT2D eigenvalue weighted by molar-refractivity contribution is -0.121. The number of carbonyl (C=O) groups excluding carboxylic acids is 1. The van der Waals surface area contributed by atoms with E-state index in [-0.39, 0.29) is 11.8 Å². The molecule has 0 radical (unpaired) electrons. The molecular formula is C28H31N3O2. The molecule has 0 aliphatic carbocycles. The number of hydrogen-bond acceptors (Lipinski definition) is 3. The largest absolute Gasteiger partial charge is 0.494 e. The fourth-order valence-corrected chi connectivity index (χ4v) is 4.33. The Bertz CT molecular complexity index is 1180. The van der Waals surface area contributed by atoms with Crippen molar-refractivity contribution in [2.45, 2.75) is 39.0 Å². The van der Waals surface area contributed by atoms with Crippen molar-refractivity contribution in [2.75, 3.05) is 13.2 Å². The van der Waals surface area contributed by atoms with E-state index < -0.39 is 0 Å². The third-order valence-corrected chi connectivity index (χ3v) is 6.00. The van der Waals surface area contributed by atoms with Crippen LogP contribution < -0.4 is 10.1 Å². The number of pyridine rings is 1. The summed E-state index contributed by atoms with van der Waals surface area (Å²) < 4.78 is 5.62. The first-order valence-corrected chi connectivity index (χ1v) is 11.7. The summed E-state index contributed by atoms with van der Waals surface area (Å²) in [6.45, 7) is 5.33. The monoisotopic (exact) mass is 441 g/mol. The van der Waals surface area contributed by atoms with E-state index in [2.05, 4.69) is 58.7 Å². The molecule has 0 saturated carbocycles. The molecule has 1 atom stereocenters. The number of aromatic nitrogens is 2. The quantitative estimate of drug-likeness (QED) is 0.346. The number of nitrogens with zero attached hydrogens (tertiary/aromatic N) is 1. The smallest absolute Gasteiger partial charge is 0.220 e. The lowest BCUT2D eigenvalue weighted by atomic mass is 9.87. The highest BCUT2D eigenvalue weighted by Crippen LogP contribution is 2.35. The average molecular weight is 442 g/mol. The van der Waals surface area contributed by atoms with Crippen LogP contribution in [-0.2, 0) is 17.6 Å². The maximum absolute atomic E-state index is 13.0. The Hall–Kier alpha value is -3.60. The highest BCUT2D eigenvalue weighted by Gasteiger charge is 2.22. The summed E-state index contributed by atoms with van der Waals surface area (Å²) in [4.78, 5) is 20.8. The second kappa shape index (κ2) is 10.8. The van der Waals surface area contributed by atoms with E-state index in [0.29, 0.717) is 26.0 Å². The molecule has 4 rings (SSSR count). The van der Waals surface area contributed by atoms with Crippen molar-refractivity contribution in [1.82, 2.24) is 15.3 Å². The minimum atomic E-state index is -0.0589. The van der Waals surface area contributed by atoms with E-state index >= 15 is 0 Å². The van der Waals surface area contributed by atoms with Crippen LogP contribution in [-0.4, -0.2) is 29.0 Å². The molecule has 2 aromatic heterocycles. The molecule has 33 heavy (non-hydrogen) atoms. The Morgan fingerprint density at radius 3 is 2.64 bits per heavy atom. The summed E-state index contributed by atoms with van der Waals surface area (Å²) in [5.41, 5.74) is 5.65. The first-order chi connectivity index (χ1) is 16.2. The standard InChI is InChI=1S/C28H31N3O2/c1-3-20-8-7-10-24-26(19-31-28(20)24)25(21-11-13-23(14-12-21)33-4-2)18-27(32)30-17-15-22-9-5-6-16-29-22/h5-14,16,19,25,31H,3-4,15,17-18H2,1-2H3,(H,30,32). The number of nitrogens with one attached hydrogen (secondary N) is 2. The topological polar surface area (TPSA) is 67.0 Å². The number of amides is 1. The fraction of sp³-hybridized carbons (Fsp3) is 0.286. The normalized spacial score (nSPS) is 11.9. The van der Waals surface area contributed by atoms with Gasteiger partial charge in [0.1, 0.15) is 5.75 Å². The molecule has 1 amide bonds. The van der Waals surface area contributed by atoms with Gasteiger partial charge in [0.2, 0.25) is 5.91 Å². The minimum absolute atomic E-state index is 0.0332. The van der Waals surface area contributed by atoms with Crippen molar-refractivity contribution in [3.05, 3.63) is 95.4 Å². The summed E-state index contributed by atoms with van der Waals surface area (Å²) in [6.07, 6.45) is 5.89. The van der Waals surface area contributed by atoms with Gasteiger partial charge in [0.25, 0.3) is 0 Å². The Morgan fingerprint density at radius 1 is 1.06 bits per heavy atom. The highest BCUT2D eigenvalue weighted by atomic mass is 16.5. The molecule has 2 aromatic carbocycles. The van der Waals surface area contributed by atoms with Gasteiger partial charge in [-0.2, -0.15) is 0 Å². The van der Waals surface area contributed by atoms with E-state index in [9.17, 15) is 4.79 Å². The number of hydrogen-bond donors (Lipinski definition) is 2. The van der Waals surface area contributed by atoms with Crippen LogP contribution in [0, 0.1) is 0 Å². The second-order valence-corrected chi connectivity index (χ2v) is 8.12. The van der Waals surface area contributed by atoms with Gasteiger partial charge in [-0.05, 0) is 54.3 Å². The van der Waals surface area contributed by atoms with Gasteiger partial charge in [-0.3, -0.25) is 9.78 Å². The zero-order valence-corrected chi connectivity index (χ0v) is 19.3. The first kappa shape index (κ1) is 22.6. The number of ether oxygens (including phenoxy) is 1. The van der Waals surface area contributed by atoms with Gasteiger partial charge >= 0.3 is 0 Å². The molecule has 2 N–H and O–H groups in total. The summed E-state index contributed by atoms with van der Waals surface area (Å²) in [7, 11) is 0.